The van der Waals surface area contributed by atoms with Crippen molar-refractivity contribution in [3.05, 3.63) is 58.5 Å². The van der Waals surface area contributed by atoms with Crippen LogP contribution in [0.1, 0.15) is 31.0 Å². The van der Waals surface area contributed by atoms with Gasteiger partial charge in [0.1, 0.15) is 11.5 Å². The molecule has 3 heterocycles. The fraction of sp³-hybridized carbons (Fsp3) is 0.267. The predicted octanol–water partition coefficient (Wildman–Crippen LogP) is 2.15. The molecule has 0 amide bonds. The number of hydrogen-bond donors (Lipinski definition) is 2. The molecule has 21 heavy (non-hydrogen) atoms. The van der Waals surface area contributed by atoms with E-state index in [4.69, 9.17) is 0 Å². The van der Waals surface area contributed by atoms with Gasteiger partial charge in [0.15, 0.2) is 0 Å². The Morgan fingerprint density at radius 3 is 2.95 bits per heavy atom. The number of fused-ring (bicyclic) bond motifs is 1. The lowest BCUT2D eigenvalue weighted by molar-refractivity contribution is 0.853. The van der Waals surface area contributed by atoms with Gasteiger partial charge >= 0.3 is 0 Å². The van der Waals surface area contributed by atoms with Crippen molar-refractivity contribution < 1.29 is 0 Å². The molecule has 3 aromatic rings. The number of rotatable bonds is 4. The summed E-state index contributed by atoms with van der Waals surface area (Å²) in [6.07, 6.45) is 5.46. The third-order valence-electron chi connectivity index (χ3n) is 3.32. The van der Waals surface area contributed by atoms with Gasteiger partial charge in [-0.2, -0.15) is 0 Å². The van der Waals surface area contributed by atoms with Crippen LogP contribution in [0.3, 0.4) is 0 Å². The molecular formula is C15H17N5O. The first-order valence-electron chi connectivity index (χ1n) is 6.88. The molecule has 0 aliphatic heterocycles. The van der Waals surface area contributed by atoms with Crippen LogP contribution in [0.25, 0.3) is 5.65 Å². The summed E-state index contributed by atoms with van der Waals surface area (Å²) >= 11 is 0. The van der Waals surface area contributed by atoms with E-state index >= 15 is 0 Å². The number of imidazole rings is 1. The van der Waals surface area contributed by atoms with E-state index in [1.807, 2.05) is 16.7 Å². The summed E-state index contributed by atoms with van der Waals surface area (Å²) < 4.78 is 2.03. The molecular weight excluding hydrogens is 266 g/mol. The topological polar surface area (TPSA) is 75.1 Å². The van der Waals surface area contributed by atoms with E-state index in [1.165, 1.54) is 18.0 Å². The van der Waals surface area contributed by atoms with Crippen LogP contribution in [-0.2, 0) is 6.54 Å². The fourth-order valence-corrected chi connectivity index (χ4v) is 2.13. The molecule has 0 radical (unpaired) electrons. The van der Waals surface area contributed by atoms with Gasteiger partial charge < -0.3 is 14.7 Å². The quantitative estimate of drug-likeness (QED) is 0.769. The second kappa shape index (κ2) is 5.40. The Bertz CT molecular complexity index is 818. The van der Waals surface area contributed by atoms with Crippen LogP contribution in [0, 0.1) is 0 Å². The molecule has 3 rings (SSSR count). The summed E-state index contributed by atoms with van der Waals surface area (Å²) in [5.74, 6) is 1.03. The van der Waals surface area contributed by atoms with Gasteiger partial charge in [0.2, 0.25) is 0 Å². The minimum absolute atomic E-state index is 0.177. The van der Waals surface area contributed by atoms with Crippen molar-refractivity contribution in [2.75, 3.05) is 5.32 Å². The first-order chi connectivity index (χ1) is 10.1. The molecule has 2 N–H and O–H groups in total. The maximum Gasteiger partial charge on any atom is 0.252 e. The molecule has 6 heteroatoms. The van der Waals surface area contributed by atoms with Gasteiger partial charge in [0, 0.05) is 18.5 Å². The minimum Gasteiger partial charge on any atom is -0.364 e. The Hall–Kier alpha value is -2.63. The zero-order valence-electron chi connectivity index (χ0n) is 12.0. The lowest BCUT2D eigenvalue weighted by Crippen LogP contribution is -2.09. The van der Waals surface area contributed by atoms with Crippen molar-refractivity contribution in [2.45, 2.75) is 26.3 Å². The van der Waals surface area contributed by atoms with Gasteiger partial charge in [-0.15, -0.1) is 0 Å². The molecule has 0 atom stereocenters. The number of nitrogens with zero attached hydrogens (tertiary/aromatic N) is 3. The largest absolute Gasteiger partial charge is 0.364 e. The zero-order chi connectivity index (χ0) is 14.8. The lowest BCUT2D eigenvalue weighted by Gasteiger charge is -2.04. The minimum atomic E-state index is -0.177. The van der Waals surface area contributed by atoms with Crippen molar-refractivity contribution >= 4 is 11.5 Å². The fourth-order valence-electron chi connectivity index (χ4n) is 2.13. The van der Waals surface area contributed by atoms with Gasteiger partial charge in [-0.05, 0) is 17.5 Å². The SMILES string of the molecule is CC(C)c1ccc2nc(CNc3cc(=O)[nH]cn3)cn2c1. The molecule has 0 unspecified atom stereocenters. The number of hydrogen-bond acceptors (Lipinski definition) is 4. The highest BCUT2D eigenvalue weighted by molar-refractivity contribution is 5.43. The Labute approximate surface area is 121 Å². The van der Waals surface area contributed by atoms with Crippen LogP contribution >= 0.6 is 0 Å². The second-order valence-corrected chi connectivity index (χ2v) is 5.26. The third kappa shape index (κ3) is 2.94. The number of H-pyrrole nitrogens is 1. The van der Waals surface area contributed by atoms with E-state index in [0.717, 1.165) is 11.3 Å². The Balaban J connectivity index is 1.80. The Morgan fingerprint density at radius 2 is 2.19 bits per heavy atom. The van der Waals surface area contributed by atoms with Crippen LogP contribution in [0.2, 0.25) is 0 Å². The molecule has 0 saturated carbocycles. The highest BCUT2D eigenvalue weighted by Crippen LogP contribution is 2.16. The average Bonchev–Trinajstić information content (AvgIpc) is 2.87. The molecule has 0 aromatic carbocycles. The molecule has 0 aliphatic carbocycles. The third-order valence-corrected chi connectivity index (χ3v) is 3.32. The molecule has 0 bridgehead atoms. The van der Waals surface area contributed by atoms with Crippen molar-refractivity contribution in [2.24, 2.45) is 0 Å². The smallest absolute Gasteiger partial charge is 0.252 e. The lowest BCUT2D eigenvalue weighted by atomic mass is 10.1. The summed E-state index contributed by atoms with van der Waals surface area (Å²) in [5, 5.41) is 3.09. The molecule has 0 saturated heterocycles. The maximum atomic E-state index is 11.2. The van der Waals surface area contributed by atoms with Gasteiger partial charge in [-0.25, -0.2) is 9.97 Å². The highest BCUT2D eigenvalue weighted by atomic mass is 16.1. The Kier molecular flexibility index (Phi) is 3.43. The van der Waals surface area contributed by atoms with E-state index in [9.17, 15) is 4.79 Å². The normalized spacial score (nSPS) is 11.2. The van der Waals surface area contributed by atoms with Crippen LogP contribution in [0.5, 0.6) is 0 Å². The Morgan fingerprint density at radius 1 is 1.33 bits per heavy atom. The number of nitrogens with one attached hydrogen (secondary N) is 2. The number of aromatic amines is 1. The first-order valence-corrected chi connectivity index (χ1v) is 6.88. The summed E-state index contributed by atoms with van der Waals surface area (Å²) in [6.45, 7) is 4.85. The van der Waals surface area contributed by atoms with E-state index in [-0.39, 0.29) is 5.56 Å². The number of aromatic nitrogens is 4. The number of anilines is 1. The monoisotopic (exact) mass is 283 g/mol. The van der Waals surface area contributed by atoms with Crippen LogP contribution in [0.4, 0.5) is 5.82 Å². The molecule has 3 aromatic heterocycles. The van der Waals surface area contributed by atoms with E-state index in [0.29, 0.717) is 18.3 Å². The zero-order valence-corrected chi connectivity index (χ0v) is 12.0. The van der Waals surface area contributed by atoms with E-state index in [1.54, 1.807) is 0 Å². The van der Waals surface area contributed by atoms with Gasteiger partial charge in [0.25, 0.3) is 5.56 Å². The molecule has 108 valence electrons. The molecule has 0 aliphatic rings. The summed E-state index contributed by atoms with van der Waals surface area (Å²) in [4.78, 5) is 22.3. The number of pyridine rings is 1. The summed E-state index contributed by atoms with van der Waals surface area (Å²) in [5.41, 5.74) is 2.91. The molecule has 6 nitrogen and oxygen atoms in total. The predicted molar refractivity (Wildman–Crippen MR) is 81.5 cm³/mol. The van der Waals surface area contributed by atoms with Crippen LogP contribution in [-0.4, -0.2) is 19.4 Å². The van der Waals surface area contributed by atoms with Crippen LogP contribution < -0.4 is 10.9 Å². The van der Waals surface area contributed by atoms with Crippen molar-refractivity contribution in [1.29, 1.82) is 0 Å². The summed E-state index contributed by atoms with van der Waals surface area (Å²) in [7, 11) is 0. The van der Waals surface area contributed by atoms with Gasteiger partial charge in [-0.1, -0.05) is 19.9 Å². The second-order valence-electron chi connectivity index (χ2n) is 5.26. The average molecular weight is 283 g/mol. The maximum absolute atomic E-state index is 11.2. The highest BCUT2D eigenvalue weighted by Gasteiger charge is 2.05. The molecule has 0 fully saturated rings. The summed E-state index contributed by atoms with van der Waals surface area (Å²) in [6, 6.07) is 5.54. The van der Waals surface area contributed by atoms with E-state index < -0.39 is 0 Å². The van der Waals surface area contributed by atoms with Crippen molar-refractivity contribution in [3.8, 4) is 0 Å². The van der Waals surface area contributed by atoms with E-state index in [2.05, 4.69) is 46.4 Å². The van der Waals surface area contributed by atoms with Gasteiger partial charge in [-0.3, -0.25) is 4.79 Å². The standard InChI is InChI=1S/C15H17N5O/c1-10(2)11-3-4-14-19-12(8-20(14)7-11)6-16-13-5-15(21)18-9-17-13/h3-5,7-10H,6H2,1-2H3,(H2,16,17,18,21). The molecule has 0 spiro atoms. The van der Waals surface area contributed by atoms with Crippen molar-refractivity contribution in [1.82, 2.24) is 19.4 Å². The van der Waals surface area contributed by atoms with Gasteiger partial charge in [0.05, 0.1) is 18.6 Å². The first kappa shape index (κ1) is 13.4. The van der Waals surface area contributed by atoms with Crippen LogP contribution in [0.15, 0.2) is 41.7 Å². The van der Waals surface area contributed by atoms with Crippen molar-refractivity contribution in [3.63, 3.8) is 0 Å².